The summed E-state index contributed by atoms with van der Waals surface area (Å²) in [5.74, 6) is 0.751. The normalized spacial score (nSPS) is 22.1. The Hall–Kier alpha value is -1.80. The van der Waals surface area contributed by atoms with Crippen LogP contribution in [0, 0.1) is 0 Å². The predicted molar refractivity (Wildman–Crippen MR) is 71.8 cm³/mol. The van der Waals surface area contributed by atoms with Crippen LogP contribution in [0.25, 0.3) is 5.95 Å². The highest BCUT2D eigenvalue weighted by atomic mass is 35.5. The van der Waals surface area contributed by atoms with Crippen molar-refractivity contribution in [3.8, 4) is 5.95 Å². The molecule has 1 aliphatic rings. The highest BCUT2D eigenvalue weighted by molar-refractivity contribution is 6.28. The number of hydrogen-bond acceptors (Lipinski definition) is 7. The molecule has 2 heterocycles. The van der Waals surface area contributed by atoms with Crippen molar-refractivity contribution in [2.45, 2.75) is 31.4 Å². The summed E-state index contributed by atoms with van der Waals surface area (Å²) in [5, 5.41) is 7.34. The van der Waals surface area contributed by atoms with Crippen LogP contribution in [0.5, 0.6) is 0 Å². The Kier molecular flexibility index (Phi) is 3.75. The fraction of sp³-hybridized carbons (Fsp3) is 0.545. The standard InChI is InChI=1S/C11H14ClN7O/c1-20-8-4-2-3-7(8)15-10-16-9(12)17-11(18-10)19-6-13-5-14-19/h5-8H,2-4H2,1H3,(H,15,16,17,18). The van der Waals surface area contributed by atoms with Crippen LogP contribution in [-0.4, -0.2) is 49.0 Å². The van der Waals surface area contributed by atoms with E-state index in [1.165, 1.54) is 17.3 Å². The maximum absolute atomic E-state index is 5.93. The van der Waals surface area contributed by atoms with E-state index in [2.05, 4.69) is 30.4 Å². The Morgan fingerprint density at radius 2 is 2.25 bits per heavy atom. The first-order chi connectivity index (χ1) is 9.76. The first-order valence-electron chi connectivity index (χ1n) is 6.32. The van der Waals surface area contributed by atoms with Gasteiger partial charge in [-0.1, -0.05) is 0 Å². The van der Waals surface area contributed by atoms with Gasteiger partial charge in [0.15, 0.2) is 0 Å². The summed E-state index contributed by atoms with van der Waals surface area (Å²) in [4.78, 5) is 16.3. The molecule has 8 nitrogen and oxygen atoms in total. The molecule has 0 aliphatic heterocycles. The second kappa shape index (κ2) is 5.68. The second-order valence-electron chi connectivity index (χ2n) is 4.52. The van der Waals surface area contributed by atoms with Crippen molar-refractivity contribution in [2.75, 3.05) is 12.4 Å². The predicted octanol–water partition coefficient (Wildman–Crippen LogP) is 1.09. The van der Waals surface area contributed by atoms with Gasteiger partial charge in [-0.2, -0.15) is 24.7 Å². The van der Waals surface area contributed by atoms with Gasteiger partial charge in [0.25, 0.3) is 5.95 Å². The number of halogens is 1. The molecule has 2 atom stereocenters. The van der Waals surface area contributed by atoms with E-state index in [1.54, 1.807) is 7.11 Å². The SMILES string of the molecule is COC1CCCC1Nc1nc(Cl)nc(-n2cncn2)n1. The number of methoxy groups -OCH3 is 1. The molecule has 0 saturated heterocycles. The topological polar surface area (TPSA) is 90.6 Å². The lowest BCUT2D eigenvalue weighted by atomic mass is 10.2. The van der Waals surface area contributed by atoms with E-state index in [1.807, 2.05) is 0 Å². The molecule has 2 aromatic heterocycles. The minimum atomic E-state index is 0.111. The first-order valence-corrected chi connectivity index (χ1v) is 6.70. The van der Waals surface area contributed by atoms with Gasteiger partial charge in [-0.3, -0.25) is 0 Å². The van der Waals surface area contributed by atoms with Gasteiger partial charge < -0.3 is 10.1 Å². The lowest BCUT2D eigenvalue weighted by Gasteiger charge is -2.19. The van der Waals surface area contributed by atoms with Crippen molar-refractivity contribution in [3.63, 3.8) is 0 Å². The lowest BCUT2D eigenvalue weighted by Crippen LogP contribution is -2.30. The van der Waals surface area contributed by atoms with Crippen LogP contribution < -0.4 is 5.32 Å². The lowest BCUT2D eigenvalue weighted by molar-refractivity contribution is 0.101. The minimum absolute atomic E-state index is 0.111. The van der Waals surface area contributed by atoms with Crippen molar-refractivity contribution >= 4 is 17.5 Å². The zero-order valence-corrected chi connectivity index (χ0v) is 11.7. The summed E-state index contributed by atoms with van der Waals surface area (Å²) < 4.78 is 6.87. The molecular weight excluding hydrogens is 282 g/mol. The van der Waals surface area contributed by atoms with Crippen molar-refractivity contribution in [1.29, 1.82) is 0 Å². The third kappa shape index (κ3) is 2.70. The zero-order valence-electron chi connectivity index (χ0n) is 10.9. The third-order valence-electron chi connectivity index (χ3n) is 3.29. The molecule has 0 aromatic carbocycles. The number of anilines is 1. The molecule has 1 N–H and O–H groups in total. The van der Waals surface area contributed by atoms with Gasteiger partial charge in [0.05, 0.1) is 12.1 Å². The van der Waals surface area contributed by atoms with Gasteiger partial charge in [0, 0.05) is 7.11 Å². The maximum atomic E-state index is 5.93. The summed E-state index contributed by atoms with van der Waals surface area (Å²) >= 11 is 5.93. The molecule has 3 rings (SSSR count). The quantitative estimate of drug-likeness (QED) is 0.902. The maximum Gasteiger partial charge on any atom is 0.258 e. The zero-order chi connectivity index (χ0) is 13.9. The van der Waals surface area contributed by atoms with Crippen molar-refractivity contribution in [1.82, 2.24) is 29.7 Å². The third-order valence-corrected chi connectivity index (χ3v) is 3.46. The van der Waals surface area contributed by atoms with Gasteiger partial charge in [0.2, 0.25) is 11.2 Å². The van der Waals surface area contributed by atoms with E-state index in [4.69, 9.17) is 16.3 Å². The van der Waals surface area contributed by atoms with E-state index < -0.39 is 0 Å². The number of rotatable bonds is 4. The molecule has 106 valence electrons. The molecule has 2 aromatic rings. The van der Waals surface area contributed by atoms with Crippen LogP contribution in [0.2, 0.25) is 5.28 Å². The highest BCUT2D eigenvalue weighted by Gasteiger charge is 2.27. The highest BCUT2D eigenvalue weighted by Crippen LogP contribution is 2.24. The largest absolute Gasteiger partial charge is 0.379 e. The summed E-state index contributed by atoms with van der Waals surface area (Å²) in [7, 11) is 1.71. The molecule has 0 spiro atoms. The number of aromatic nitrogens is 6. The molecule has 1 saturated carbocycles. The molecule has 9 heteroatoms. The molecule has 1 fully saturated rings. The fourth-order valence-electron chi connectivity index (χ4n) is 2.36. The van der Waals surface area contributed by atoms with Gasteiger partial charge in [0.1, 0.15) is 12.7 Å². The molecule has 0 radical (unpaired) electrons. The Labute approximate surface area is 120 Å². The smallest absolute Gasteiger partial charge is 0.258 e. The van der Waals surface area contributed by atoms with Crippen LogP contribution in [0.1, 0.15) is 19.3 Å². The van der Waals surface area contributed by atoms with Crippen molar-refractivity contribution in [2.24, 2.45) is 0 Å². The van der Waals surface area contributed by atoms with Crippen LogP contribution in [0.4, 0.5) is 5.95 Å². The summed E-state index contributed by atoms with van der Waals surface area (Å²) in [6, 6.07) is 0.182. The first kappa shape index (κ1) is 13.2. The van der Waals surface area contributed by atoms with E-state index in [0.29, 0.717) is 11.9 Å². The Morgan fingerprint density at radius 3 is 3.00 bits per heavy atom. The van der Waals surface area contributed by atoms with Crippen LogP contribution in [-0.2, 0) is 4.74 Å². The monoisotopic (exact) mass is 295 g/mol. The molecule has 0 bridgehead atoms. The van der Waals surface area contributed by atoms with Gasteiger partial charge >= 0.3 is 0 Å². The molecular formula is C11H14ClN7O. The average Bonchev–Trinajstić information content (AvgIpc) is 3.08. The fourth-order valence-corrected chi connectivity index (χ4v) is 2.51. The molecule has 1 aliphatic carbocycles. The molecule has 20 heavy (non-hydrogen) atoms. The van der Waals surface area contributed by atoms with E-state index in [0.717, 1.165) is 19.3 Å². The van der Waals surface area contributed by atoms with Crippen molar-refractivity contribution < 1.29 is 4.74 Å². The Balaban J connectivity index is 1.83. The number of ether oxygens (including phenoxy) is 1. The molecule has 2 unspecified atom stereocenters. The molecule has 0 amide bonds. The van der Waals surface area contributed by atoms with E-state index in [-0.39, 0.29) is 17.4 Å². The summed E-state index contributed by atoms with van der Waals surface area (Å²) in [6.45, 7) is 0. The van der Waals surface area contributed by atoms with Crippen molar-refractivity contribution in [3.05, 3.63) is 17.9 Å². The summed E-state index contributed by atoms with van der Waals surface area (Å²) in [6.07, 6.45) is 6.24. The average molecular weight is 296 g/mol. The number of hydrogen-bond donors (Lipinski definition) is 1. The second-order valence-corrected chi connectivity index (χ2v) is 4.86. The number of nitrogens with one attached hydrogen (secondary N) is 1. The van der Waals surface area contributed by atoms with Gasteiger partial charge in [-0.25, -0.2) is 4.98 Å². The van der Waals surface area contributed by atoms with Crippen LogP contribution >= 0.6 is 11.6 Å². The summed E-state index contributed by atoms with van der Waals surface area (Å²) in [5.41, 5.74) is 0. The van der Waals surface area contributed by atoms with Crippen LogP contribution in [0.15, 0.2) is 12.7 Å². The van der Waals surface area contributed by atoms with Gasteiger partial charge in [-0.15, -0.1) is 0 Å². The van der Waals surface area contributed by atoms with Crippen LogP contribution in [0.3, 0.4) is 0 Å². The van der Waals surface area contributed by atoms with E-state index >= 15 is 0 Å². The Morgan fingerprint density at radius 1 is 1.35 bits per heavy atom. The van der Waals surface area contributed by atoms with Gasteiger partial charge in [-0.05, 0) is 30.9 Å². The Bertz CT molecular complexity index is 576. The van der Waals surface area contributed by atoms with E-state index in [9.17, 15) is 0 Å². The number of nitrogens with zero attached hydrogens (tertiary/aromatic N) is 6. The minimum Gasteiger partial charge on any atom is -0.379 e.